The van der Waals surface area contributed by atoms with E-state index in [0.29, 0.717) is 13.0 Å². The molecule has 0 bridgehead atoms. The third kappa shape index (κ3) is 3.98. The Hall–Kier alpha value is -2.07. The summed E-state index contributed by atoms with van der Waals surface area (Å²) < 4.78 is 12.4. The van der Waals surface area contributed by atoms with Crippen molar-refractivity contribution in [2.24, 2.45) is 0 Å². The van der Waals surface area contributed by atoms with Gasteiger partial charge in [0.05, 0.1) is 12.6 Å². The van der Waals surface area contributed by atoms with E-state index in [4.69, 9.17) is 9.47 Å². The van der Waals surface area contributed by atoms with Gasteiger partial charge in [-0.1, -0.05) is 6.92 Å². The molecule has 0 amide bonds. The molecule has 1 aliphatic heterocycles. The molecular formula is C12H18N4O6. The lowest BCUT2D eigenvalue weighted by Gasteiger charge is -2.26. The van der Waals surface area contributed by atoms with E-state index in [9.17, 15) is 20.2 Å². The molecular weight excluding hydrogens is 296 g/mol. The highest BCUT2D eigenvalue weighted by atomic mass is 16.7. The molecule has 10 heteroatoms. The Labute approximate surface area is 126 Å². The fraction of sp³-hybridized carbons (Fsp3) is 0.750. The number of hydrogen-bond acceptors (Lipinski definition) is 7. The van der Waals surface area contributed by atoms with Crippen LogP contribution < -0.4 is 0 Å². The lowest BCUT2D eigenvalue weighted by atomic mass is 10.2. The first kappa shape index (κ1) is 16.3. The molecule has 1 aromatic heterocycles. The molecule has 0 aliphatic carbocycles. The van der Waals surface area contributed by atoms with Crippen molar-refractivity contribution in [2.45, 2.75) is 51.5 Å². The average molecular weight is 314 g/mol. The number of imidazole rings is 1. The molecule has 0 N–H and O–H groups in total. The van der Waals surface area contributed by atoms with Crippen LogP contribution in [-0.2, 0) is 16.0 Å². The van der Waals surface area contributed by atoms with Gasteiger partial charge < -0.3 is 29.7 Å². The van der Waals surface area contributed by atoms with Crippen LogP contribution in [-0.4, -0.2) is 38.4 Å². The predicted molar refractivity (Wildman–Crippen MR) is 74.3 cm³/mol. The van der Waals surface area contributed by atoms with E-state index in [2.05, 4.69) is 4.98 Å². The minimum Gasteiger partial charge on any atom is -0.390 e. The van der Waals surface area contributed by atoms with Gasteiger partial charge in [0.25, 0.3) is 0 Å². The van der Waals surface area contributed by atoms with Crippen molar-refractivity contribution < 1.29 is 19.3 Å². The largest absolute Gasteiger partial charge is 0.439 e. The first-order chi connectivity index (χ1) is 10.5. The van der Waals surface area contributed by atoms with Crippen molar-refractivity contribution >= 4 is 11.8 Å². The summed E-state index contributed by atoms with van der Waals surface area (Å²) in [5.74, 6) is -1.10. The van der Waals surface area contributed by atoms with Crippen molar-refractivity contribution in [1.29, 1.82) is 0 Å². The van der Waals surface area contributed by atoms with Crippen molar-refractivity contribution in [3.8, 4) is 0 Å². The van der Waals surface area contributed by atoms with E-state index < -0.39 is 21.6 Å². The summed E-state index contributed by atoms with van der Waals surface area (Å²) in [7, 11) is 0. The molecule has 0 spiro atoms. The van der Waals surface area contributed by atoms with Crippen molar-refractivity contribution in [3.05, 3.63) is 26.4 Å². The Bertz CT molecular complexity index is 540. The number of ether oxygens (including phenoxy) is 2. The molecule has 2 rings (SSSR count). The van der Waals surface area contributed by atoms with Crippen molar-refractivity contribution in [2.75, 3.05) is 6.61 Å². The molecule has 10 nitrogen and oxygen atoms in total. The Balaban J connectivity index is 2.08. The van der Waals surface area contributed by atoms with Crippen molar-refractivity contribution in [1.82, 2.24) is 9.55 Å². The van der Waals surface area contributed by atoms with Gasteiger partial charge in [0, 0.05) is 6.61 Å². The van der Waals surface area contributed by atoms with Crippen LogP contribution in [0.3, 0.4) is 0 Å². The van der Waals surface area contributed by atoms with Gasteiger partial charge in [0.1, 0.15) is 0 Å². The second kappa shape index (κ2) is 7.27. The monoisotopic (exact) mass is 314 g/mol. The Morgan fingerprint density at radius 3 is 2.77 bits per heavy atom. The highest BCUT2D eigenvalue weighted by Crippen LogP contribution is 2.21. The lowest BCUT2D eigenvalue weighted by Crippen LogP contribution is -2.30. The minimum absolute atomic E-state index is 0.119. The number of hydrogen-bond donors (Lipinski definition) is 0. The van der Waals surface area contributed by atoms with Crippen molar-refractivity contribution in [3.63, 3.8) is 0 Å². The molecule has 2 atom stereocenters. The van der Waals surface area contributed by atoms with E-state index in [1.165, 1.54) is 0 Å². The highest BCUT2D eigenvalue weighted by molar-refractivity contribution is 5.24. The molecule has 1 aliphatic rings. The first-order valence-corrected chi connectivity index (χ1v) is 7.14. The number of nitrogens with zero attached hydrogens (tertiary/aromatic N) is 4. The predicted octanol–water partition coefficient (Wildman–Crippen LogP) is 2.02. The second-order valence-electron chi connectivity index (χ2n) is 5.03. The van der Waals surface area contributed by atoms with Crippen LogP contribution in [0.4, 0.5) is 11.8 Å². The third-order valence-electron chi connectivity index (χ3n) is 3.43. The number of rotatable bonds is 7. The first-order valence-electron chi connectivity index (χ1n) is 7.14. The molecule has 0 aromatic carbocycles. The fourth-order valence-electron chi connectivity index (χ4n) is 2.28. The Morgan fingerprint density at radius 2 is 2.23 bits per heavy atom. The molecule has 2 unspecified atom stereocenters. The maximum atomic E-state index is 11.0. The molecule has 0 radical (unpaired) electrons. The summed E-state index contributed by atoms with van der Waals surface area (Å²) in [6.45, 7) is 2.63. The zero-order valence-corrected chi connectivity index (χ0v) is 12.2. The summed E-state index contributed by atoms with van der Waals surface area (Å²) >= 11 is 0. The van der Waals surface area contributed by atoms with Gasteiger partial charge in [0.2, 0.25) is 0 Å². The fourth-order valence-corrected chi connectivity index (χ4v) is 2.28. The van der Waals surface area contributed by atoms with E-state index >= 15 is 0 Å². The highest BCUT2D eigenvalue weighted by Gasteiger charge is 2.27. The van der Waals surface area contributed by atoms with Gasteiger partial charge in [-0.05, 0) is 40.5 Å². The average Bonchev–Trinajstić information content (AvgIpc) is 2.92. The van der Waals surface area contributed by atoms with Gasteiger partial charge in [-0.2, -0.15) is 0 Å². The lowest BCUT2D eigenvalue weighted by molar-refractivity contribution is -0.403. The van der Waals surface area contributed by atoms with E-state index in [1.807, 2.05) is 6.92 Å². The van der Waals surface area contributed by atoms with Crippen LogP contribution in [0.15, 0.2) is 6.20 Å². The Kier molecular flexibility index (Phi) is 5.39. The van der Waals surface area contributed by atoms with Gasteiger partial charge in [-0.15, -0.1) is 0 Å². The summed E-state index contributed by atoms with van der Waals surface area (Å²) in [5.41, 5.74) is 0. The van der Waals surface area contributed by atoms with Crippen LogP contribution in [0.1, 0.15) is 32.6 Å². The maximum absolute atomic E-state index is 11.0. The SMILES string of the molecule is CCC(Cn1cc([N+](=O)[O-])nc1[N+](=O)[O-])OC1CCCCO1. The molecule has 1 saturated heterocycles. The van der Waals surface area contributed by atoms with Gasteiger partial charge >= 0.3 is 11.8 Å². The third-order valence-corrected chi connectivity index (χ3v) is 3.43. The van der Waals surface area contributed by atoms with Crippen LogP contribution in [0.25, 0.3) is 0 Å². The molecule has 122 valence electrons. The summed E-state index contributed by atoms with van der Waals surface area (Å²) in [6.07, 6.45) is 3.79. The molecule has 2 heterocycles. The minimum atomic E-state index is -0.754. The van der Waals surface area contributed by atoms with Crippen LogP contribution in [0.2, 0.25) is 0 Å². The van der Waals surface area contributed by atoms with Crippen LogP contribution in [0, 0.1) is 20.2 Å². The quantitative estimate of drug-likeness (QED) is 0.557. The molecule has 22 heavy (non-hydrogen) atoms. The van der Waals surface area contributed by atoms with Crippen LogP contribution in [0.5, 0.6) is 0 Å². The zero-order chi connectivity index (χ0) is 16.1. The normalized spacial score (nSPS) is 19.8. The molecule has 1 fully saturated rings. The molecule has 1 aromatic rings. The molecule has 0 saturated carbocycles. The standard InChI is InChI=1S/C12H18N4O6/c1-2-9(22-11-5-3-4-6-21-11)7-14-8-10(15(17)18)13-12(14)16(19)20/h8-9,11H,2-7H2,1H3. The number of aromatic nitrogens is 2. The summed E-state index contributed by atoms with van der Waals surface area (Å²) in [4.78, 5) is 23.6. The maximum Gasteiger partial charge on any atom is 0.439 e. The van der Waals surface area contributed by atoms with Gasteiger partial charge in [0.15, 0.2) is 12.5 Å². The summed E-state index contributed by atoms with van der Waals surface area (Å²) in [5, 5.41) is 21.7. The van der Waals surface area contributed by atoms with Gasteiger partial charge in [-0.25, -0.2) is 4.57 Å². The van der Waals surface area contributed by atoms with E-state index in [0.717, 1.165) is 30.0 Å². The van der Waals surface area contributed by atoms with Crippen LogP contribution >= 0.6 is 0 Å². The smallest absolute Gasteiger partial charge is 0.390 e. The van der Waals surface area contributed by atoms with E-state index in [1.54, 1.807) is 0 Å². The second-order valence-corrected chi connectivity index (χ2v) is 5.03. The number of nitro groups is 2. The topological polar surface area (TPSA) is 123 Å². The Morgan fingerprint density at radius 1 is 1.45 bits per heavy atom. The van der Waals surface area contributed by atoms with Gasteiger partial charge in [-0.3, -0.25) is 0 Å². The van der Waals surface area contributed by atoms with E-state index in [-0.39, 0.29) is 18.9 Å². The summed E-state index contributed by atoms with van der Waals surface area (Å²) in [6, 6.07) is 0. The zero-order valence-electron chi connectivity index (χ0n) is 12.2.